The number of ether oxygens (including phenoxy) is 1. The molecule has 1 fully saturated rings. The van der Waals surface area contributed by atoms with E-state index in [-0.39, 0.29) is 17.7 Å². The lowest BCUT2D eigenvalue weighted by Crippen LogP contribution is -2.41. The second-order valence-electron chi connectivity index (χ2n) is 4.93. The van der Waals surface area contributed by atoms with Crippen molar-refractivity contribution < 1.29 is 23.8 Å². The number of carboxylic acid groups (broad SMARTS) is 1. The van der Waals surface area contributed by atoms with Crippen LogP contribution in [0.3, 0.4) is 0 Å². The fraction of sp³-hybridized carbons (Fsp3) is 0.571. The first-order valence-corrected chi connectivity index (χ1v) is 7.00. The van der Waals surface area contributed by atoms with Gasteiger partial charge in [-0.1, -0.05) is 0 Å². The number of hydrogen-bond donors (Lipinski definition) is 2. The quantitative estimate of drug-likeness (QED) is 0.809. The van der Waals surface area contributed by atoms with Crippen molar-refractivity contribution in [2.24, 2.45) is 0 Å². The van der Waals surface area contributed by atoms with Crippen LogP contribution in [-0.4, -0.2) is 54.7 Å². The van der Waals surface area contributed by atoms with Crippen molar-refractivity contribution in [3.05, 3.63) is 23.7 Å². The van der Waals surface area contributed by atoms with Gasteiger partial charge in [-0.05, 0) is 19.1 Å². The molecule has 7 nitrogen and oxygen atoms in total. The Kier molecular flexibility index (Phi) is 5.35. The highest BCUT2D eigenvalue weighted by Gasteiger charge is 2.17. The van der Waals surface area contributed by atoms with Gasteiger partial charge in [0.05, 0.1) is 19.3 Å². The molecule has 0 saturated carbocycles. The zero-order valence-corrected chi connectivity index (χ0v) is 12.0. The Morgan fingerprint density at radius 3 is 2.71 bits per heavy atom. The molecule has 1 aliphatic heterocycles. The predicted octanol–water partition coefficient (Wildman–Crippen LogP) is 0.877. The number of hydrogen-bond acceptors (Lipinski definition) is 5. The van der Waals surface area contributed by atoms with Crippen LogP contribution in [0.15, 0.2) is 16.5 Å². The van der Waals surface area contributed by atoms with Crippen LogP contribution < -0.4 is 5.32 Å². The molecule has 1 amide bonds. The largest absolute Gasteiger partial charge is 0.475 e. The van der Waals surface area contributed by atoms with Crippen molar-refractivity contribution in [3.8, 4) is 0 Å². The van der Waals surface area contributed by atoms with Gasteiger partial charge in [0, 0.05) is 26.1 Å². The molecule has 1 aromatic rings. The molecule has 2 N–H and O–H groups in total. The molecule has 21 heavy (non-hydrogen) atoms. The smallest absolute Gasteiger partial charge is 0.371 e. The van der Waals surface area contributed by atoms with Gasteiger partial charge in [0.1, 0.15) is 5.76 Å². The number of carbonyl (C=O) groups excluding carboxylic acids is 1. The lowest BCUT2D eigenvalue weighted by atomic mass is 10.2. The Morgan fingerprint density at radius 1 is 1.38 bits per heavy atom. The third-order valence-electron chi connectivity index (χ3n) is 3.42. The summed E-state index contributed by atoms with van der Waals surface area (Å²) in [7, 11) is 0. The van der Waals surface area contributed by atoms with Gasteiger partial charge in [-0.3, -0.25) is 4.79 Å². The number of nitrogens with one attached hydrogen (secondary N) is 1. The molecule has 2 rings (SSSR count). The predicted molar refractivity (Wildman–Crippen MR) is 74.1 cm³/mol. The fourth-order valence-corrected chi connectivity index (χ4v) is 2.17. The van der Waals surface area contributed by atoms with Crippen LogP contribution in [0.5, 0.6) is 0 Å². The van der Waals surface area contributed by atoms with Gasteiger partial charge in [0.2, 0.25) is 11.7 Å². The summed E-state index contributed by atoms with van der Waals surface area (Å²) in [4.78, 5) is 24.5. The van der Waals surface area contributed by atoms with Gasteiger partial charge in [0.25, 0.3) is 0 Å². The first kappa shape index (κ1) is 15.5. The molecule has 0 aromatic carbocycles. The van der Waals surface area contributed by atoms with Crippen molar-refractivity contribution in [2.75, 3.05) is 32.8 Å². The Balaban J connectivity index is 1.74. The minimum atomic E-state index is -1.09. The first-order chi connectivity index (χ1) is 10.1. The molecule has 1 saturated heterocycles. The van der Waals surface area contributed by atoms with E-state index >= 15 is 0 Å². The van der Waals surface area contributed by atoms with Crippen LogP contribution in [0.2, 0.25) is 0 Å². The first-order valence-electron chi connectivity index (χ1n) is 7.00. The van der Waals surface area contributed by atoms with Crippen LogP contribution in [-0.2, 0) is 9.53 Å². The van der Waals surface area contributed by atoms with Crippen molar-refractivity contribution in [1.82, 2.24) is 10.2 Å². The maximum Gasteiger partial charge on any atom is 0.371 e. The molecular formula is C14H20N2O5. The van der Waals surface area contributed by atoms with Crippen LogP contribution in [0.25, 0.3) is 0 Å². The van der Waals surface area contributed by atoms with E-state index in [0.717, 1.165) is 0 Å². The summed E-state index contributed by atoms with van der Waals surface area (Å²) in [5.74, 6) is -0.520. The summed E-state index contributed by atoms with van der Waals surface area (Å²) in [6, 6.07) is 2.91. The fourth-order valence-electron chi connectivity index (χ4n) is 2.17. The molecule has 0 radical (unpaired) electrons. The summed E-state index contributed by atoms with van der Waals surface area (Å²) in [6.45, 7) is 4.87. The van der Waals surface area contributed by atoms with E-state index < -0.39 is 5.97 Å². The second-order valence-corrected chi connectivity index (χ2v) is 4.93. The number of carbonyl (C=O) groups is 2. The van der Waals surface area contributed by atoms with E-state index in [0.29, 0.717) is 45.0 Å². The molecule has 1 aromatic heterocycles. The van der Waals surface area contributed by atoms with Crippen molar-refractivity contribution in [3.63, 3.8) is 0 Å². The average Bonchev–Trinajstić information content (AvgIpc) is 2.98. The zero-order chi connectivity index (χ0) is 15.2. The normalized spacial score (nSPS) is 16.7. The zero-order valence-electron chi connectivity index (χ0n) is 12.0. The molecule has 1 unspecified atom stereocenters. The maximum atomic E-state index is 11.9. The summed E-state index contributed by atoms with van der Waals surface area (Å²) < 4.78 is 10.4. The molecule has 116 valence electrons. The standard InChI is InChI=1S/C14H20N2O5/c1-10(11-2-3-12(21-11)14(18)19)15-5-4-13(17)16-6-8-20-9-7-16/h2-3,10,15H,4-9H2,1H3,(H,18,19). The molecule has 7 heteroatoms. The maximum absolute atomic E-state index is 11.9. The van der Waals surface area contributed by atoms with Gasteiger partial charge in [-0.15, -0.1) is 0 Å². The number of nitrogens with zero attached hydrogens (tertiary/aromatic N) is 1. The Bertz CT molecular complexity index is 493. The van der Waals surface area contributed by atoms with E-state index in [1.807, 2.05) is 6.92 Å². The molecular weight excluding hydrogens is 276 g/mol. The molecule has 1 atom stereocenters. The molecule has 2 heterocycles. The average molecular weight is 296 g/mol. The van der Waals surface area contributed by atoms with E-state index in [1.54, 1.807) is 11.0 Å². The number of amides is 1. The lowest BCUT2D eigenvalue weighted by Gasteiger charge is -2.27. The van der Waals surface area contributed by atoms with E-state index in [1.165, 1.54) is 6.07 Å². The van der Waals surface area contributed by atoms with Gasteiger partial charge in [-0.2, -0.15) is 0 Å². The highest BCUT2D eigenvalue weighted by atomic mass is 16.5. The number of carboxylic acids is 1. The highest BCUT2D eigenvalue weighted by Crippen LogP contribution is 2.16. The van der Waals surface area contributed by atoms with Crippen LogP contribution >= 0.6 is 0 Å². The summed E-state index contributed by atoms with van der Waals surface area (Å²) in [5.41, 5.74) is 0. The van der Waals surface area contributed by atoms with Gasteiger partial charge in [0.15, 0.2) is 0 Å². The Hall–Kier alpha value is -1.86. The molecule has 0 bridgehead atoms. The van der Waals surface area contributed by atoms with Crippen molar-refractivity contribution in [2.45, 2.75) is 19.4 Å². The monoisotopic (exact) mass is 296 g/mol. The van der Waals surface area contributed by atoms with Crippen molar-refractivity contribution in [1.29, 1.82) is 0 Å². The summed E-state index contributed by atoms with van der Waals surface area (Å²) >= 11 is 0. The van der Waals surface area contributed by atoms with Crippen LogP contribution in [0.1, 0.15) is 35.7 Å². The van der Waals surface area contributed by atoms with E-state index in [4.69, 9.17) is 14.3 Å². The van der Waals surface area contributed by atoms with Gasteiger partial charge >= 0.3 is 5.97 Å². The summed E-state index contributed by atoms with van der Waals surface area (Å²) in [5, 5.41) is 12.0. The third-order valence-corrected chi connectivity index (χ3v) is 3.42. The topological polar surface area (TPSA) is 92.0 Å². The minimum Gasteiger partial charge on any atom is -0.475 e. The van der Waals surface area contributed by atoms with Crippen molar-refractivity contribution >= 4 is 11.9 Å². The van der Waals surface area contributed by atoms with E-state index in [2.05, 4.69) is 5.32 Å². The number of furan rings is 1. The van der Waals surface area contributed by atoms with Crippen LogP contribution in [0, 0.1) is 0 Å². The number of aromatic carboxylic acids is 1. The van der Waals surface area contributed by atoms with Gasteiger partial charge in [-0.25, -0.2) is 4.79 Å². The third kappa shape index (κ3) is 4.30. The second kappa shape index (κ2) is 7.24. The Morgan fingerprint density at radius 2 is 2.10 bits per heavy atom. The minimum absolute atomic E-state index is 0.0805. The molecule has 1 aliphatic rings. The number of rotatable bonds is 6. The molecule has 0 spiro atoms. The van der Waals surface area contributed by atoms with Gasteiger partial charge < -0.3 is 24.5 Å². The summed E-state index contributed by atoms with van der Waals surface area (Å²) in [6.07, 6.45) is 0.400. The lowest BCUT2D eigenvalue weighted by molar-refractivity contribution is -0.135. The Labute approximate surface area is 122 Å². The SMILES string of the molecule is CC(NCCC(=O)N1CCOCC1)c1ccc(C(=O)O)o1. The van der Waals surface area contributed by atoms with E-state index in [9.17, 15) is 9.59 Å². The molecule has 0 aliphatic carbocycles. The number of morpholine rings is 1. The van der Waals surface area contributed by atoms with Crippen LogP contribution in [0.4, 0.5) is 0 Å². The highest BCUT2D eigenvalue weighted by molar-refractivity contribution is 5.84.